The van der Waals surface area contributed by atoms with E-state index in [0.29, 0.717) is 11.2 Å². The van der Waals surface area contributed by atoms with Crippen molar-refractivity contribution in [3.8, 4) is 0 Å². The Hall–Kier alpha value is -1.20. The van der Waals surface area contributed by atoms with E-state index in [0.717, 1.165) is 45.2 Å². The van der Waals surface area contributed by atoms with Crippen molar-refractivity contribution in [2.45, 2.75) is 30.4 Å². The van der Waals surface area contributed by atoms with Crippen molar-refractivity contribution < 1.29 is 4.74 Å². The quantitative estimate of drug-likeness (QED) is 0.472. The van der Waals surface area contributed by atoms with Crippen LogP contribution in [0.25, 0.3) is 0 Å². The number of hydrogen-bond donors (Lipinski definition) is 1. The molecule has 0 aromatic heterocycles. The van der Waals surface area contributed by atoms with E-state index in [-0.39, 0.29) is 0 Å². The van der Waals surface area contributed by atoms with E-state index in [1.165, 1.54) is 4.90 Å². The number of nitrogens with one attached hydrogen (secondary N) is 1. The molecular formula is C18H29N3OS. The van der Waals surface area contributed by atoms with E-state index >= 15 is 0 Å². The molecule has 1 fully saturated rings. The van der Waals surface area contributed by atoms with Gasteiger partial charge in [0.15, 0.2) is 5.96 Å². The molecule has 4 nitrogen and oxygen atoms in total. The average molecular weight is 336 g/mol. The number of hydrogen-bond acceptors (Lipinski definition) is 3. The molecule has 1 aromatic rings. The van der Waals surface area contributed by atoms with Gasteiger partial charge >= 0.3 is 0 Å². The van der Waals surface area contributed by atoms with E-state index in [2.05, 4.69) is 61.4 Å². The second-order valence-corrected chi connectivity index (χ2v) is 7.56. The summed E-state index contributed by atoms with van der Waals surface area (Å²) in [6.45, 7) is 8.84. The minimum Gasteiger partial charge on any atom is -0.381 e. The SMILES string of the molecule is CCNC(=NCC(C)Sc1ccccc1)N(C)CC1CCOC1. The van der Waals surface area contributed by atoms with Crippen LogP contribution in [0.1, 0.15) is 20.3 Å². The molecule has 1 aliphatic heterocycles. The fourth-order valence-electron chi connectivity index (χ4n) is 2.65. The zero-order valence-electron chi connectivity index (χ0n) is 14.5. The molecule has 23 heavy (non-hydrogen) atoms. The van der Waals surface area contributed by atoms with Crippen LogP contribution in [0.5, 0.6) is 0 Å². The van der Waals surface area contributed by atoms with Gasteiger partial charge in [0.25, 0.3) is 0 Å². The Morgan fingerprint density at radius 1 is 1.43 bits per heavy atom. The summed E-state index contributed by atoms with van der Waals surface area (Å²) in [4.78, 5) is 8.36. The minimum atomic E-state index is 0.453. The molecule has 2 unspecified atom stereocenters. The minimum absolute atomic E-state index is 0.453. The van der Waals surface area contributed by atoms with Crippen LogP contribution >= 0.6 is 11.8 Å². The molecule has 128 valence electrons. The van der Waals surface area contributed by atoms with E-state index in [9.17, 15) is 0 Å². The largest absolute Gasteiger partial charge is 0.381 e. The Morgan fingerprint density at radius 2 is 2.22 bits per heavy atom. The summed E-state index contributed by atoms with van der Waals surface area (Å²) in [5.41, 5.74) is 0. The van der Waals surface area contributed by atoms with Crippen LogP contribution < -0.4 is 5.32 Å². The lowest BCUT2D eigenvalue weighted by molar-refractivity contribution is 0.181. The van der Waals surface area contributed by atoms with Gasteiger partial charge in [0.1, 0.15) is 0 Å². The maximum Gasteiger partial charge on any atom is 0.193 e. The average Bonchev–Trinajstić information content (AvgIpc) is 3.05. The topological polar surface area (TPSA) is 36.9 Å². The Kier molecular flexibility index (Phi) is 7.76. The summed E-state index contributed by atoms with van der Waals surface area (Å²) < 4.78 is 5.47. The third-order valence-corrected chi connectivity index (χ3v) is 4.93. The van der Waals surface area contributed by atoms with E-state index in [4.69, 9.17) is 9.73 Å². The van der Waals surface area contributed by atoms with Crippen molar-refractivity contribution in [3.63, 3.8) is 0 Å². The molecule has 0 saturated carbocycles. The highest BCUT2D eigenvalue weighted by Crippen LogP contribution is 2.22. The highest BCUT2D eigenvalue weighted by molar-refractivity contribution is 8.00. The van der Waals surface area contributed by atoms with Crippen LogP contribution in [0.2, 0.25) is 0 Å². The first-order valence-electron chi connectivity index (χ1n) is 8.48. The lowest BCUT2D eigenvalue weighted by atomic mass is 10.1. The number of rotatable bonds is 7. The van der Waals surface area contributed by atoms with Gasteiger partial charge in [-0.25, -0.2) is 0 Å². The summed E-state index contributed by atoms with van der Waals surface area (Å²) in [7, 11) is 2.12. The van der Waals surface area contributed by atoms with Gasteiger partial charge in [-0.15, -0.1) is 11.8 Å². The predicted octanol–water partition coefficient (Wildman–Crippen LogP) is 3.10. The maximum absolute atomic E-state index is 5.47. The van der Waals surface area contributed by atoms with Crippen LogP contribution in [0.3, 0.4) is 0 Å². The van der Waals surface area contributed by atoms with Gasteiger partial charge in [0, 0.05) is 42.8 Å². The summed E-state index contributed by atoms with van der Waals surface area (Å²) in [6.07, 6.45) is 1.16. The first kappa shape index (κ1) is 18.1. The number of aliphatic imine (C=N–C) groups is 1. The van der Waals surface area contributed by atoms with E-state index in [1.54, 1.807) is 0 Å². The fraction of sp³-hybridized carbons (Fsp3) is 0.611. The predicted molar refractivity (Wildman–Crippen MR) is 99.3 cm³/mol. The van der Waals surface area contributed by atoms with Gasteiger partial charge in [-0.2, -0.15) is 0 Å². The molecule has 1 saturated heterocycles. The van der Waals surface area contributed by atoms with Crippen molar-refractivity contribution >= 4 is 17.7 Å². The first-order chi connectivity index (χ1) is 11.2. The lowest BCUT2D eigenvalue weighted by Gasteiger charge is -2.25. The zero-order chi connectivity index (χ0) is 16.5. The molecule has 5 heteroatoms. The smallest absolute Gasteiger partial charge is 0.193 e. The number of ether oxygens (including phenoxy) is 1. The third-order valence-electron chi connectivity index (χ3n) is 3.83. The van der Waals surface area contributed by atoms with Crippen molar-refractivity contribution in [2.24, 2.45) is 10.9 Å². The molecule has 0 bridgehead atoms. The number of nitrogens with zero attached hydrogens (tertiary/aromatic N) is 2. The Labute approximate surface area is 144 Å². The molecule has 1 aliphatic rings. The van der Waals surface area contributed by atoms with Crippen LogP contribution in [0, 0.1) is 5.92 Å². The summed E-state index contributed by atoms with van der Waals surface area (Å²) in [5, 5.41) is 3.85. The fourth-order valence-corrected chi connectivity index (χ4v) is 3.58. The van der Waals surface area contributed by atoms with Crippen LogP contribution in [0.4, 0.5) is 0 Å². The molecular weight excluding hydrogens is 306 g/mol. The summed E-state index contributed by atoms with van der Waals surface area (Å²) in [5.74, 6) is 1.62. The molecule has 2 atom stereocenters. The van der Waals surface area contributed by atoms with Crippen molar-refractivity contribution in [3.05, 3.63) is 30.3 Å². The second-order valence-electron chi connectivity index (χ2n) is 6.05. The van der Waals surface area contributed by atoms with E-state index in [1.807, 2.05) is 11.8 Å². The highest BCUT2D eigenvalue weighted by atomic mass is 32.2. The molecule has 1 aromatic carbocycles. The Morgan fingerprint density at radius 3 is 2.87 bits per heavy atom. The zero-order valence-corrected chi connectivity index (χ0v) is 15.3. The molecule has 1 N–H and O–H groups in total. The van der Waals surface area contributed by atoms with Crippen molar-refractivity contribution in [1.29, 1.82) is 0 Å². The van der Waals surface area contributed by atoms with Crippen LogP contribution in [-0.2, 0) is 4.74 Å². The molecule has 0 amide bonds. The third kappa shape index (κ3) is 6.43. The van der Waals surface area contributed by atoms with Gasteiger partial charge in [-0.1, -0.05) is 25.1 Å². The molecule has 0 radical (unpaired) electrons. The van der Waals surface area contributed by atoms with Gasteiger partial charge in [-0.3, -0.25) is 4.99 Å². The molecule has 0 spiro atoms. The number of thioether (sulfide) groups is 1. The van der Waals surface area contributed by atoms with Crippen LogP contribution in [-0.4, -0.2) is 56.0 Å². The molecule has 0 aliphatic carbocycles. The monoisotopic (exact) mass is 335 g/mol. The second kappa shape index (κ2) is 9.83. The highest BCUT2D eigenvalue weighted by Gasteiger charge is 2.19. The number of benzene rings is 1. The van der Waals surface area contributed by atoms with Crippen molar-refractivity contribution in [1.82, 2.24) is 10.2 Å². The van der Waals surface area contributed by atoms with Gasteiger partial charge < -0.3 is 15.0 Å². The first-order valence-corrected chi connectivity index (χ1v) is 9.36. The maximum atomic E-state index is 5.47. The van der Waals surface area contributed by atoms with Crippen molar-refractivity contribution in [2.75, 3.05) is 39.9 Å². The van der Waals surface area contributed by atoms with Gasteiger partial charge in [0.2, 0.25) is 0 Å². The van der Waals surface area contributed by atoms with Gasteiger partial charge in [0.05, 0.1) is 13.2 Å². The summed E-state index contributed by atoms with van der Waals surface area (Å²) >= 11 is 1.87. The lowest BCUT2D eigenvalue weighted by Crippen LogP contribution is -2.41. The van der Waals surface area contributed by atoms with Crippen LogP contribution in [0.15, 0.2) is 40.2 Å². The normalized spacial score (nSPS) is 19.6. The number of guanidine groups is 1. The Balaban J connectivity index is 1.86. The molecule has 2 rings (SSSR count). The summed E-state index contributed by atoms with van der Waals surface area (Å²) in [6, 6.07) is 10.5. The van der Waals surface area contributed by atoms with E-state index < -0.39 is 0 Å². The molecule has 1 heterocycles. The standard InChI is InChI=1S/C18H29N3OS/c1-4-19-18(21(3)13-16-10-11-22-14-16)20-12-15(2)23-17-8-6-5-7-9-17/h5-9,15-16H,4,10-14H2,1-3H3,(H,19,20). The van der Waals surface area contributed by atoms with Gasteiger partial charge in [-0.05, 0) is 25.5 Å². The Bertz CT molecular complexity index is 474.